The molecule has 36 heavy (non-hydrogen) atoms. The van der Waals surface area contributed by atoms with E-state index in [-0.39, 0.29) is 29.6 Å². The minimum atomic E-state index is -0.809. The summed E-state index contributed by atoms with van der Waals surface area (Å²) >= 11 is 0. The van der Waals surface area contributed by atoms with Crippen LogP contribution in [0.5, 0.6) is 5.75 Å². The average molecular weight is 493 g/mol. The molecule has 3 aromatic rings. The van der Waals surface area contributed by atoms with Crippen molar-refractivity contribution in [3.63, 3.8) is 0 Å². The van der Waals surface area contributed by atoms with Gasteiger partial charge in [-0.25, -0.2) is 18.7 Å². The van der Waals surface area contributed by atoms with Crippen LogP contribution in [-0.4, -0.2) is 36.1 Å². The van der Waals surface area contributed by atoms with E-state index < -0.39 is 11.6 Å². The monoisotopic (exact) mass is 492 g/mol. The largest absolute Gasteiger partial charge is 0.497 e. The zero-order valence-electron chi connectivity index (χ0n) is 20.4. The molecule has 1 saturated heterocycles. The van der Waals surface area contributed by atoms with Gasteiger partial charge in [0.1, 0.15) is 23.2 Å². The molecule has 1 aliphatic heterocycles. The van der Waals surface area contributed by atoms with Gasteiger partial charge in [-0.05, 0) is 68.7 Å². The maximum atomic E-state index is 14.2. The topological polar surface area (TPSA) is 61.3 Å². The Bertz CT molecular complexity index is 1260. The molecule has 2 aliphatic rings. The van der Waals surface area contributed by atoms with E-state index in [4.69, 9.17) is 19.4 Å². The number of carbonyl (C=O) groups is 1. The first-order chi connectivity index (χ1) is 17.5. The molecule has 5 rings (SSSR count). The van der Waals surface area contributed by atoms with E-state index in [9.17, 15) is 13.6 Å². The Hall–Kier alpha value is -3.19. The van der Waals surface area contributed by atoms with E-state index in [0.717, 1.165) is 84.9 Å². The molecule has 1 aliphatic carbocycles. The summed E-state index contributed by atoms with van der Waals surface area (Å²) in [5.74, 6) is 0.0542. The Kier molecular flexibility index (Phi) is 7.37. The number of hydrogen-bond donors (Lipinski definition) is 0. The summed E-state index contributed by atoms with van der Waals surface area (Å²) in [5.41, 5.74) is 3.93. The Labute approximate surface area is 209 Å². The number of aromatic nitrogens is 2. The Morgan fingerprint density at radius 3 is 2.81 bits per heavy atom. The number of carbonyl (C=O) groups excluding carboxylic acids is 1. The van der Waals surface area contributed by atoms with Crippen LogP contribution in [0.4, 0.5) is 8.78 Å². The highest BCUT2D eigenvalue weighted by Gasteiger charge is 2.29. The van der Waals surface area contributed by atoms with Gasteiger partial charge in [0.25, 0.3) is 0 Å². The lowest BCUT2D eigenvalue weighted by molar-refractivity contribution is 0.0953. The first-order valence-electron chi connectivity index (χ1n) is 12.6. The first-order valence-corrected chi connectivity index (χ1v) is 12.6. The summed E-state index contributed by atoms with van der Waals surface area (Å²) in [5, 5.41) is 0. The lowest BCUT2D eigenvalue weighted by Gasteiger charge is -2.27. The molecule has 1 fully saturated rings. The summed E-state index contributed by atoms with van der Waals surface area (Å²) in [7, 11) is 1.65. The van der Waals surface area contributed by atoms with Crippen molar-refractivity contribution in [2.75, 3.05) is 20.3 Å². The third kappa shape index (κ3) is 5.31. The van der Waals surface area contributed by atoms with E-state index in [1.54, 1.807) is 7.11 Å². The molecule has 7 heteroatoms. The highest BCUT2D eigenvalue weighted by atomic mass is 19.1. The van der Waals surface area contributed by atoms with Crippen molar-refractivity contribution >= 4 is 5.78 Å². The Morgan fingerprint density at radius 2 is 1.97 bits per heavy atom. The number of fused-ring (bicyclic) bond motifs is 1. The van der Waals surface area contributed by atoms with Gasteiger partial charge in [0.15, 0.2) is 5.78 Å². The van der Waals surface area contributed by atoms with Crippen molar-refractivity contribution in [3.05, 3.63) is 76.7 Å². The fraction of sp³-hybridized carbons (Fsp3) is 0.414. The number of hydrogen-bond acceptors (Lipinski definition) is 5. The molecule has 5 nitrogen and oxygen atoms in total. The van der Waals surface area contributed by atoms with Crippen LogP contribution in [0, 0.1) is 17.6 Å². The number of rotatable bonds is 6. The van der Waals surface area contributed by atoms with Gasteiger partial charge < -0.3 is 9.47 Å². The molecular formula is C29H30F2N2O3. The van der Waals surface area contributed by atoms with Gasteiger partial charge in [0.2, 0.25) is 0 Å². The van der Waals surface area contributed by atoms with Gasteiger partial charge in [0, 0.05) is 48.4 Å². The number of nitrogens with zero attached hydrogens (tertiary/aromatic N) is 2. The summed E-state index contributed by atoms with van der Waals surface area (Å²) in [4.78, 5) is 23.0. The second kappa shape index (κ2) is 10.8. The van der Waals surface area contributed by atoms with Crippen LogP contribution < -0.4 is 4.74 Å². The van der Waals surface area contributed by atoms with Crippen molar-refractivity contribution < 1.29 is 23.0 Å². The second-order valence-electron chi connectivity index (χ2n) is 9.69. The molecule has 0 N–H and O–H groups in total. The zero-order valence-corrected chi connectivity index (χ0v) is 20.4. The summed E-state index contributed by atoms with van der Waals surface area (Å²) < 4.78 is 38.6. The predicted molar refractivity (Wildman–Crippen MR) is 132 cm³/mol. The van der Waals surface area contributed by atoms with E-state index in [0.29, 0.717) is 13.0 Å². The zero-order chi connectivity index (χ0) is 25.1. The Balaban J connectivity index is 1.46. The standard InChI is InChI=1S/C29H30F2N2O3/c1-35-22-6-2-4-20(16-22)28-24-9-7-18(15-27(34)23-10-8-21(30)17-25(23)31)14-26(24)32-29(33-28)19-5-3-12-36-13-11-19/h2,4,6,8,10,16-19H,3,5,7,9,11-15H2,1H3. The van der Waals surface area contributed by atoms with E-state index in [2.05, 4.69) is 0 Å². The highest BCUT2D eigenvalue weighted by molar-refractivity contribution is 5.96. The van der Waals surface area contributed by atoms with Crippen LogP contribution in [0.2, 0.25) is 0 Å². The third-order valence-corrected chi connectivity index (χ3v) is 7.26. The molecule has 0 radical (unpaired) electrons. The smallest absolute Gasteiger partial charge is 0.166 e. The summed E-state index contributed by atoms with van der Waals surface area (Å²) in [6, 6.07) is 11.0. The number of benzene rings is 2. The fourth-order valence-corrected chi connectivity index (χ4v) is 5.32. The minimum absolute atomic E-state index is 0.0350. The van der Waals surface area contributed by atoms with Crippen molar-refractivity contribution in [3.8, 4) is 17.0 Å². The molecular weight excluding hydrogens is 462 g/mol. The molecule has 0 spiro atoms. The average Bonchev–Trinajstić information content (AvgIpc) is 3.17. The third-order valence-electron chi connectivity index (χ3n) is 7.26. The van der Waals surface area contributed by atoms with Gasteiger partial charge in [-0.2, -0.15) is 0 Å². The van der Waals surface area contributed by atoms with Crippen molar-refractivity contribution in [1.82, 2.24) is 9.97 Å². The number of Topliss-reactive ketones (excluding diaryl/α,β-unsaturated/α-hetero) is 1. The van der Waals surface area contributed by atoms with Crippen LogP contribution in [0.25, 0.3) is 11.3 Å². The van der Waals surface area contributed by atoms with E-state index in [1.807, 2.05) is 24.3 Å². The van der Waals surface area contributed by atoms with Gasteiger partial charge in [0.05, 0.1) is 18.4 Å². The minimum Gasteiger partial charge on any atom is -0.497 e. The molecule has 2 aromatic carbocycles. The van der Waals surface area contributed by atoms with Gasteiger partial charge in [-0.1, -0.05) is 12.1 Å². The lowest BCUT2D eigenvalue weighted by atomic mass is 9.81. The first kappa shape index (κ1) is 24.5. The molecule has 2 atom stereocenters. The number of methoxy groups -OCH3 is 1. The van der Waals surface area contributed by atoms with Gasteiger partial charge in [-0.15, -0.1) is 0 Å². The van der Waals surface area contributed by atoms with Crippen molar-refractivity contribution in [2.45, 2.75) is 50.9 Å². The van der Waals surface area contributed by atoms with Crippen LogP contribution in [0.1, 0.15) is 65.5 Å². The number of ether oxygens (including phenoxy) is 2. The van der Waals surface area contributed by atoms with Crippen LogP contribution in [-0.2, 0) is 17.6 Å². The van der Waals surface area contributed by atoms with Crippen LogP contribution >= 0.6 is 0 Å². The van der Waals surface area contributed by atoms with E-state index in [1.165, 1.54) is 6.07 Å². The van der Waals surface area contributed by atoms with Gasteiger partial charge >= 0.3 is 0 Å². The number of ketones is 1. The van der Waals surface area contributed by atoms with Crippen molar-refractivity contribution in [1.29, 1.82) is 0 Å². The maximum Gasteiger partial charge on any atom is 0.166 e. The van der Waals surface area contributed by atoms with Gasteiger partial charge in [-0.3, -0.25) is 4.79 Å². The quantitative estimate of drug-likeness (QED) is 0.390. The molecule has 2 heterocycles. The normalized spacial score (nSPS) is 19.9. The molecule has 2 unspecified atom stereocenters. The lowest BCUT2D eigenvalue weighted by Crippen LogP contribution is -2.22. The molecule has 0 bridgehead atoms. The molecule has 1 aromatic heterocycles. The summed E-state index contributed by atoms with van der Waals surface area (Å²) in [6.07, 6.45) is 5.16. The molecule has 188 valence electrons. The SMILES string of the molecule is COc1cccc(-c2nc(C3CCCOCC3)nc3c2CCC(CC(=O)c2ccc(F)cc2F)C3)c1. The van der Waals surface area contributed by atoms with E-state index >= 15 is 0 Å². The molecule has 0 saturated carbocycles. The second-order valence-corrected chi connectivity index (χ2v) is 9.69. The fourth-order valence-electron chi connectivity index (χ4n) is 5.32. The summed E-state index contributed by atoms with van der Waals surface area (Å²) in [6.45, 7) is 1.45. The Morgan fingerprint density at radius 1 is 1.08 bits per heavy atom. The maximum absolute atomic E-state index is 14.2. The number of halogens is 2. The molecule has 0 amide bonds. The highest BCUT2D eigenvalue weighted by Crippen LogP contribution is 2.36. The predicted octanol–water partition coefficient (Wildman–Crippen LogP) is 6.09. The van der Waals surface area contributed by atoms with Crippen LogP contribution in [0.15, 0.2) is 42.5 Å². The van der Waals surface area contributed by atoms with Crippen LogP contribution in [0.3, 0.4) is 0 Å². The van der Waals surface area contributed by atoms with Crippen molar-refractivity contribution in [2.24, 2.45) is 5.92 Å².